The number of para-hydroxylation sites is 1. The molecule has 2 amide bonds. The van der Waals surface area contributed by atoms with Gasteiger partial charge in [-0.15, -0.1) is 13.2 Å². The van der Waals surface area contributed by atoms with Gasteiger partial charge in [0.25, 0.3) is 5.91 Å². The Hall–Kier alpha value is -2.89. The fourth-order valence-electron chi connectivity index (χ4n) is 2.41. The lowest BCUT2D eigenvalue weighted by Gasteiger charge is -2.20. The molecule has 2 rings (SSSR count). The van der Waals surface area contributed by atoms with Gasteiger partial charge in [-0.05, 0) is 12.1 Å². The van der Waals surface area contributed by atoms with E-state index in [2.05, 4.69) is 18.3 Å². The highest BCUT2D eigenvalue weighted by atomic mass is 16.2. The summed E-state index contributed by atoms with van der Waals surface area (Å²) in [5.74, 6) is -0.756. The fraction of sp³-hybridized carbons (Fsp3) is 0.235. The summed E-state index contributed by atoms with van der Waals surface area (Å²) < 4.78 is 0. The van der Waals surface area contributed by atoms with Crippen LogP contribution in [0.5, 0.6) is 0 Å². The van der Waals surface area contributed by atoms with E-state index < -0.39 is 11.9 Å². The molecule has 1 aliphatic rings. The Labute approximate surface area is 135 Å². The van der Waals surface area contributed by atoms with Crippen molar-refractivity contribution in [2.24, 2.45) is 10.8 Å². The van der Waals surface area contributed by atoms with Crippen LogP contribution in [0.2, 0.25) is 0 Å². The third-order valence-corrected chi connectivity index (χ3v) is 3.49. The first-order chi connectivity index (χ1) is 11.1. The van der Waals surface area contributed by atoms with E-state index in [4.69, 9.17) is 5.73 Å². The van der Waals surface area contributed by atoms with E-state index >= 15 is 0 Å². The second-order valence-electron chi connectivity index (χ2n) is 5.14. The molecule has 0 spiro atoms. The molecule has 0 radical (unpaired) electrons. The summed E-state index contributed by atoms with van der Waals surface area (Å²) in [6, 6.07) is 8.51. The number of anilines is 1. The molecule has 1 heterocycles. The summed E-state index contributed by atoms with van der Waals surface area (Å²) in [7, 11) is 0. The van der Waals surface area contributed by atoms with E-state index in [1.165, 1.54) is 5.01 Å². The van der Waals surface area contributed by atoms with Gasteiger partial charge in [-0.1, -0.05) is 30.4 Å². The van der Waals surface area contributed by atoms with Gasteiger partial charge in [-0.2, -0.15) is 5.10 Å². The maximum atomic E-state index is 12.6. The number of hydrogen-bond acceptors (Lipinski definition) is 4. The van der Waals surface area contributed by atoms with E-state index in [-0.39, 0.29) is 12.3 Å². The minimum absolute atomic E-state index is 0.188. The number of carbonyl (C=O) groups is 2. The van der Waals surface area contributed by atoms with Crippen molar-refractivity contribution in [1.29, 1.82) is 0 Å². The van der Waals surface area contributed by atoms with Crippen LogP contribution in [0.25, 0.3) is 0 Å². The van der Waals surface area contributed by atoms with Crippen LogP contribution in [0.15, 0.2) is 60.7 Å². The van der Waals surface area contributed by atoms with Crippen LogP contribution in [0.3, 0.4) is 0 Å². The van der Waals surface area contributed by atoms with E-state index in [1.807, 2.05) is 30.3 Å². The van der Waals surface area contributed by atoms with Crippen LogP contribution in [0.1, 0.15) is 6.42 Å². The molecule has 0 bridgehead atoms. The Morgan fingerprint density at radius 2 is 1.87 bits per heavy atom. The number of amides is 2. The van der Waals surface area contributed by atoms with Crippen molar-refractivity contribution < 1.29 is 9.59 Å². The lowest BCUT2D eigenvalue weighted by molar-refractivity contribution is -0.123. The Balaban J connectivity index is 2.29. The number of hydrazone groups is 1. The van der Waals surface area contributed by atoms with Crippen molar-refractivity contribution in [3.63, 3.8) is 0 Å². The van der Waals surface area contributed by atoms with Crippen LogP contribution in [0, 0.1) is 0 Å². The third kappa shape index (κ3) is 3.66. The minimum Gasteiger partial charge on any atom is -0.368 e. The van der Waals surface area contributed by atoms with Crippen molar-refractivity contribution in [3.8, 4) is 0 Å². The zero-order valence-electron chi connectivity index (χ0n) is 12.9. The second-order valence-corrected chi connectivity index (χ2v) is 5.14. The van der Waals surface area contributed by atoms with E-state index in [0.29, 0.717) is 18.8 Å². The summed E-state index contributed by atoms with van der Waals surface area (Å²) in [5, 5.41) is 5.85. The van der Waals surface area contributed by atoms with Crippen molar-refractivity contribution in [1.82, 2.24) is 4.90 Å². The summed E-state index contributed by atoms with van der Waals surface area (Å²) in [6.07, 6.45) is 3.46. The highest BCUT2D eigenvalue weighted by Crippen LogP contribution is 2.24. The molecule has 23 heavy (non-hydrogen) atoms. The fourth-order valence-corrected chi connectivity index (χ4v) is 2.41. The number of nitrogens with two attached hydrogens (primary N) is 1. The predicted octanol–water partition coefficient (Wildman–Crippen LogP) is 1.31. The summed E-state index contributed by atoms with van der Waals surface area (Å²) in [5.41, 5.74) is 6.50. The van der Waals surface area contributed by atoms with Crippen LogP contribution in [0.4, 0.5) is 5.69 Å². The van der Waals surface area contributed by atoms with Crippen LogP contribution in [-0.4, -0.2) is 41.6 Å². The number of carbonyl (C=O) groups excluding carboxylic acids is 2. The summed E-state index contributed by atoms with van der Waals surface area (Å²) in [6.45, 7) is 8.06. The van der Waals surface area contributed by atoms with Crippen molar-refractivity contribution in [2.75, 3.05) is 18.1 Å². The molecule has 6 nitrogen and oxygen atoms in total. The normalized spacial score (nSPS) is 16.6. The molecule has 0 aromatic heterocycles. The lowest BCUT2D eigenvalue weighted by Crippen LogP contribution is -2.40. The number of primary amides is 1. The summed E-state index contributed by atoms with van der Waals surface area (Å²) in [4.78, 5) is 25.9. The van der Waals surface area contributed by atoms with Gasteiger partial charge < -0.3 is 10.6 Å². The van der Waals surface area contributed by atoms with Gasteiger partial charge in [-0.25, -0.2) is 0 Å². The number of hydrogen-bond donors (Lipinski definition) is 1. The molecule has 1 aliphatic heterocycles. The molecule has 1 unspecified atom stereocenters. The molecule has 0 saturated heterocycles. The predicted molar refractivity (Wildman–Crippen MR) is 90.9 cm³/mol. The number of nitrogens with zero attached hydrogens (tertiary/aromatic N) is 3. The molecule has 1 atom stereocenters. The van der Waals surface area contributed by atoms with Crippen molar-refractivity contribution in [3.05, 3.63) is 55.6 Å². The average molecular weight is 312 g/mol. The highest BCUT2D eigenvalue weighted by molar-refractivity contribution is 6.40. The molecular formula is C17H20N4O2. The van der Waals surface area contributed by atoms with Crippen LogP contribution < -0.4 is 10.7 Å². The molecule has 2 N–H and O–H groups in total. The van der Waals surface area contributed by atoms with Gasteiger partial charge in [0.2, 0.25) is 5.91 Å². The molecule has 0 aliphatic carbocycles. The van der Waals surface area contributed by atoms with Crippen molar-refractivity contribution in [2.45, 2.75) is 12.5 Å². The Bertz CT molecular complexity index is 629. The van der Waals surface area contributed by atoms with Crippen LogP contribution >= 0.6 is 0 Å². The number of rotatable bonds is 7. The first kappa shape index (κ1) is 16.5. The van der Waals surface area contributed by atoms with Gasteiger partial charge in [-0.3, -0.25) is 14.6 Å². The molecule has 0 fully saturated rings. The second kappa shape index (κ2) is 7.40. The Morgan fingerprint density at radius 3 is 2.39 bits per heavy atom. The first-order valence-electron chi connectivity index (χ1n) is 7.30. The van der Waals surface area contributed by atoms with Gasteiger partial charge >= 0.3 is 0 Å². The molecule has 1 aromatic rings. The Morgan fingerprint density at radius 1 is 1.26 bits per heavy atom. The SMILES string of the molecule is C=CCN(CC=C)C(=O)C1=NN(c2ccccc2)C(C(N)=O)C1. The van der Waals surface area contributed by atoms with E-state index in [9.17, 15) is 9.59 Å². The molecule has 1 aromatic carbocycles. The third-order valence-electron chi connectivity index (χ3n) is 3.49. The quantitative estimate of drug-likeness (QED) is 0.771. The summed E-state index contributed by atoms with van der Waals surface area (Å²) >= 11 is 0. The highest BCUT2D eigenvalue weighted by Gasteiger charge is 2.36. The van der Waals surface area contributed by atoms with Crippen LogP contribution in [-0.2, 0) is 9.59 Å². The van der Waals surface area contributed by atoms with Gasteiger partial charge in [0.1, 0.15) is 11.8 Å². The minimum atomic E-state index is -0.661. The largest absolute Gasteiger partial charge is 0.368 e. The molecule has 0 saturated carbocycles. The van der Waals surface area contributed by atoms with E-state index in [1.54, 1.807) is 17.1 Å². The van der Waals surface area contributed by atoms with Gasteiger partial charge in [0.05, 0.1) is 5.69 Å². The number of benzene rings is 1. The first-order valence-corrected chi connectivity index (χ1v) is 7.30. The van der Waals surface area contributed by atoms with Crippen molar-refractivity contribution >= 4 is 23.2 Å². The lowest BCUT2D eigenvalue weighted by atomic mass is 10.1. The topological polar surface area (TPSA) is 79.0 Å². The van der Waals surface area contributed by atoms with Gasteiger partial charge in [0.15, 0.2) is 0 Å². The standard InChI is InChI=1S/C17H20N4O2/c1-3-10-20(11-4-2)17(23)14-12-15(16(18)22)21(19-14)13-8-6-5-7-9-13/h3-9,15H,1-2,10-12H2,(H2,18,22). The molecular weight excluding hydrogens is 292 g/mol. The van der Waals surface area contributed by atoms with E-state index in [0.717, 1.165) is 5.69 Å². The molecule has 120 valence electrons. The average Bonchev–Trinajstić information content (AvgIpc) is 3.00. The maximum Gasteiger partial charge on any atom is 0.270 e. The monoisotopic (exact) mass is 312 g/mol. The molecule has 6 heteroatoms. The maximum absolute atomic E-state index is 12.6. The zero-order valence-corrected chi connectivity index (χ0v) is 12.9. The smallest absolute Gasteiger partial charge is 0.270 e. The zero-order chi connectivity index (χ0) is 16.8. The Kier molecular flexibility index (Phi) is 5.30. The van der Waals surface area contributed by atoms with Gasteiger partial charge in [0, 0.05) is 19.5 Å².